The van der Waals surface area contributed by atoms with Crippen LogP contribution in [0, 0.1) is 5.92 Å². The highest BCUT2D eigenvalue weighted by atomic mass is 16.1. The maximum atomic E-state index is 12.3. The van der Waals surface area contributed by atoms with E-state index in [0.717, 1.165) is 37.5 Å². The second kappa shape index (κ2) is 8.59. The number of nitrogens with one attached hydrogen (secondary N) is 2. The quantitative estimate of drug-likeness (QED) is 0.817. The van der Waals surface area contributed by atoms with Crippen molar-refractivity contribution in [3.8, 4) is 0 Å². The van der Waals surface area contributed by atoms with E-state index in [4.69, 9.17) is 0 Å². The summed E-state index contributed by atoms with van der Waals surface area (Å²) in [5.74, 6) is 1.24. The maximum Gasteiger partial charge on any atom is 0.254 e. The van der Waals surface area contributed by atoms with E-state index in [1.54, 1.807) is 12.4 Å². The molecule has 2 heterocycles. The van der Waals surface area contributed by atoms with Crippen molar-refractivity contribution in [2.24, 2.45) is 5.92 Å². The normalized spacial score (nSPS) is 18.2. The summed E-state index contributed by atoms with van der Waals surface area (Å²) >= 11 is 0. The summed E-state index contributed by atoms with van der Waals surface area (Å²) in [7, 11) is 0. The lowest BCUT2D eigenvalue weighted by Gasteiger charge is -2.32. The first kappa shape index (κ1) is 18.7. The number of benzene rings is 1. The van der Waals surface area contributed by atoms with Crippen LogP contribution in [-0.4, -0.2) is 35.0 Å². The van der Waals surface area contributed by atoms with E-state index >= 15 is 0 Å². The van der Waals surface area contributed by atoms with Crippen molar-refractivity contribution >= 4 is 23.2 Å². The molecule has 0 spiro atoms. The van der Waals surface area contributed by atoms with Gasteiger partial charge in [0, 0.05) is 42.9 Å². The van der Waals surface area contributed by atoms with Crippen molar-refractivity contribution in [3.05, 3.63) is 42.2 Å². The van der Waals surface area contributed by atoms with Gasteiger partial charge in [-0.25, -0.2) is 9.97 Å². The van der Waals surface area contributed by atoms with Gasteiger partial charge in [-0.05, 0) is 55.9 Å². The highest BCUT2D eigenvalue weighted by Gasteiger charge is 2.18. The zero-order valence-electron chi connectivity index (χ0n) is 16.5. The van der Waals surface area contributed by atoms with E-state index in [9.17, 15) is 4.79 Å². The Kier molecular flexibility index (Phi) is 5.74. The minimum atomic E-state index is -0.0846. The first-order valence-electron chi connectivity index (χ1n) is 10.4. The minimum absolute atomic E-state index is 0.0846. The summed E-state index contributed by atoms with van der Waals surface area (Å²) in [6, 6.07) is 8.69. The monoisotopic (exact) mass is 379 g/mol. The molecule has 2 aromatic rings. The Bertz CT molecular complexity index is 776. The first-order valence-corrected chi connectivity index (χ1v) is 10.4. The van der Waals surface area contributed by atoms with Gasteiger partial charge >= 0.3 is 0 Å². The molecule has 2 N–H and O–H groups in total. The van der Waals surface area contributed by atoms with Crippen LogP contribution in [0.5, 0.6) is 0 Å². The van der Waals surface area contributed by atoms with Gasteiger partial charge < -0.3 is 15.5 Å². The SMILES string of the molecule is CC1CCN(c2ccc(Nc3ncc(C(=O)NC4CCCC4)cn3)cc2)CC1. The average molecular weight is 380 g/mol. The molecule has 28 heavy (non-hydrogen) atoms. The standard InChI is InChI=1S/C22H29N5O/c1-16-10-12-27(13-11-16)20-8-6-19(7-9-20)26-22-23-14-17(15-24-22)21(28)25-18-4-2-3-5-18/h6-9,14-16,18H,2-5,10-13H2,1H3,(H,25,28)(H,23,24,26). The van der Waals surface area contributed by atoms with E-state index < -0.39 is 0 Å². The number of anilines is 3. The van der Waals surface area contributed by atoms with Gasteiger partial charge in [0.2, 0.25) is 5.95 Å². The molecule has 0 bridgehead atoms. The van der Waals surface area contributed by atoms with Gasteiger partial charge in [-0.15, -0.1) is 0 Å². The molecule has 2 fully saturated rings. The van der Waals surface area contributed by atoms with E-state index in [-0.39, 0.29) is 5.91 Å². The highest BCUT2D eigenvalue weighted by Crippen LogP contribution is 2.25. The summed E-state index contributed by atoms with van der Waals surface area (Å²) in [5.41, 5.74) is 2.71. The summed E-state index contributed by atoms with van der Waals surface area (Å²) in [4.78, 5) is 23.3. The number of hydrogen-bond acceptors (Lipinski definition) is 5. The van der Waals surface area contributed by atoms with Crippen LogP contribution in [0.4, 0.5) is 17.3 Å². The van der Waals surface area contributed by atoms with Crippen LogP contribution < -0.4 is 15.5 Å². The molecule has 0 radical (unpaired) electrons. The average Bonchev–Trinajstić information content (AvgIpc) is 3.23. The lowest BCUT2D eigenvalue weighted by molar-refractivity contribution is 0.0937. The number of hydrogen-bond donors (Lipinski definition) is 2. The number of aromatic nitrogens is 2. The molecule has 0 unspecified atom stereocenters. The Labute approximate surface area is 166 Å². The third-order valence-electron chi connectivity index (χ3n) is 5.88. The third kappa shape index (κ3) is 4.61. The zero-order chi connectivity index (χ0) is 19.3. The van der Waals surface area contributed by atoms with Crippen LogP contribution in [-0.2, 0) is 0 Å². The van der Waals surface area contributed by atoms with Gasteiger partial charge in [-0.1, -0.05) is 19.8 Å². The Morgan fingerprint density at radius 2 is 1.64 bits per heavy atom. The number of piperidine rings is 1. The maximum absolute atomic E-state index is 12.3. The Morgan fingerprint density at radius 1 is 1.00 bits per heavy atom. The van der Waals surface area contributed by atoms with E-state index in [1.807, 2.05) is 0 Å². The molecule has 148 valence electrons. The van der Waals surface area contributed by atoms with Gasteiger partial charge in [-0.3, -0.25) is 4.79 Å². The molecule has 1 aromatic heterocycles. The van der Waals surface area contributed by atoms with Crippen molar-refractivity contribution in [2.75, 3.05) is 23.3 Å². The van der Waals surface area contributed by atoms with Crippen molar-refractivity contribution in [1.29, 1.82) is 0 Å². The predicted molar refractivity (Wildman–Crippen MR) is 112 cm³/mol. The molecule has 6 heteroatoms. The Morgan fingerprint density at radius 3 is 2.29 bits per heavy atom. The van der Waals surface area contributed by atoms with Crippen LogP contribution in [0.2, 0.25) is 0 Å². The lowest BCUT2D eigenvalue weighted by atomic mass is 9.99. The van der Waals surface area contributed by atoms with Gasteiger partial charge in [0.25, 0.3) is 5.91 Å². The molecule has 4 rings (SSSR count). The van der Waals surface area contributed by atoms with Crippen molar-refractivity contribution in [2.45, 2.75) is 51.5 Å². The van der Waals surface area contributed by atoms with Crippen LogP contribution in [0.3, 0.4) is 0 Å². The van der Waals surface area contributed by atoms with E-state index in [1.165, 1.54) is 31.4 Å². The molecule has 1 saturated heterocycles. The topological polar surface area (TPSA) is 70.2 Å². The fourth-order valence-corrected chi connectivity index (χ4v) is 4.00. The summed E-state index contributed by atoms with van der Waals surface area (Å²) in [6.45, 7) is 4.58. The molecule has 1 aliphatic heterocycles. The molecule has 2 aliphatic rings. The van der Waals surface area contributed by atoms with Crippen LogP contribution in [0.15, 0.2) is 36.7 Å². The number of carbonyl (C=O) groups is 1. The van der Waals surface area contributed by atoms with Gasteiger partial charge in [0.15, 0.2) is 0 Å². The predicted octanol–water partition coefficient (Wildman–Crippen LogP) is 4.13. The number of amides is 1. The molecule has 1 saturated carbocycles. The van der Waals surface area contributed by atoms with Gasteiger partial charge in [0.1, 0.15) is 0 Å². The molecule has 1 aromatic carbocycles. The Balaban J connectivity index is 1.33. The smallest absolute Gasteiger partial charge is 0.254 e. The fraction of sp³-hybridized carbons (Fsp3) is 0.500. The lowest BCUT2D eigenvalue weighted by Crippen LogP contribution is -2.32. The van der Waals surface area contributed by atoms with Crippen LogP contribution >= 0.6 is 0 Å². The second-order valence-electron chi connectivity index (χ2n) is 8.09. The number of nitrogens with zero attached hydrogens (tertiary/aromatic N) is 3. The molecule has 0 atom stereocenters. The van der Waals surface area contributed by atoms with Crippen LogP contribution in [0.25, 0.3) is 0 Å². The number of rotatable bonds is 5. The third-order valence-corrected chi connectivity index (χ3v) is 5.88. The van der Waals surface area contributed by atoms with E-state index in [0.29, 0.717) is 17.6 Å². The number of carbonyl (C=O) groups excluding carboxylic acids is 1. The summed E-state index contributed by atoms with van der Waals surface area (Å²) < 4.78 is 0. The molecule has 1 amide bonds. The second-order valence-corrected chi connectivity index (χ2v) is 8.09. The summed E-state index contributed by atoms with van der Waals surface area (Å²) in [6.07, 6.45) is 10.2. The van der Waals surface area contributed by atoms with Gasteiger partial charge in [0.05, 0.1) is 5.56 Å². The molecular weight excluding hydrogens is 350 g/mol. The minimum Gasteiger partial charge on any atom is -0.372 e. The molecule has 6 nitrogen and oxygen atoms in total. The highest BCUT2D eigenvalue weighted by molar-refractivity contribution is 5.93. The zero-order valence-corrected chi connectivity index (χ0v) is 16.5. The summed E-state index contributed by atoms with van der Waals surface area (Å²) in [5, 5.41) is 6.27. The fourth-order valence-electron chi connectivity index (χ4n) is 4.00. The van der Waals surface area contributed by atoms with Crippen molar-refractivity contribution in [3.63, 3.8) is 0 Å². The Hall–Kier alpha value is -2.63. The molecule has 1 aliphatic carbocycles. The molecular formula is C22H29N5O. The van der Waals surface area contributed by atoms with Crippen molar-refractivity contribution < 1.29 is 4.79 Å². The largest absolute Gasteiger partial charge is 0.372 e. The first-order chi connectivity index (χ1) is 13.7. The van der Waals surface area contributed by atoms with Gasteiger partial charge in [-0.2, -0.15) is 0 Å². The van der Waals surface area contributed by atoms with Crippen LogP contribution in [0.1, 0.15) is 55.8 Å². The van der Waals surface area contributed by atoms with Crippen molar-refractivity contribution in [1.82, 2.24) is 15.3 Å². The van der Waals surface area contributed by atoms with E-state index in [2.05, 4.69) is 56.7 Å².